The van der Waals surface area contributed by atoms with Crippen LogP contribution in [0.3, 0.4) is 0 Å². The van der Waals surface area contributed by atoms with Gasteiger partial charge in [0.15, 0.2) is 5.69 Å². The van der Waals surface area contributed by atoms with Crippen molar-refractivity contribution in [1.82, 2.24) is 15.1 Å². The van der Waals surface area contributed by atoms with Gasteiger partial charge < -0.3 is 10.2 Å². The molecule has 0 aliphatic carbocycles. The van der Waals surface area contributed by atoms with Gasteiger partial charge in [-0.3, -0.25) is 0 Å². The topological polar surface area (TPSA) is 41.0 Å². The summed E-state index contributed by atoms with van der Waals surface area (Å²) in [6.07, 6.45) is -2.49. The molecular weight excluding hydrogens is 257 g/mol. The number of anilines is 1. The Morgan fingerprint density at radius 2 is 1.95 bits per heavy atom. The maximum absolute atomic E-state index is 12.3. The number of hydrogen-bond donors (Lipinski definition) is 1. The monoisotopic (exact) mass is 274 g/mol. The number of nitrogens with zero attached hydrogens (tertiary/aromatic N) is 3. The van der Waals surface area contributed by atoms with Gasteiger partial charge in [0.1, 0.15) is 5.82 Å². The van der Waals surface area contributed by atoms with E-state index in [9.17, 15) is 13.2 Å². The Kier molecular flexibility index (Phi) is 4.24. The molecule has 0 amide bonds. The van der Waals surface area contributed by atoms with Gasteiger partial charge in [0.05, 0.1) is 0 Å². The van der Waals surface area contributed by atoms with Crippen LogP contribution in [0.2, 0.25) is 0 Å². The normalized spacial score (nSPS) is 18.5. The predicted molar refractivity (Wildman–Crippen MR) is 65.8 cm³/mol. The molecule has 0 saturated carbocycles. The lowest BCUT2D eigenvalue weighted by Crippen LogP contribution is -2.39. The van der Waals surface area contributed by atoms with Crippen molar-refractivity contribution in [2.45, 2.75) is 32.0 Å². The molecule has 106 valence electrons. The first kappa shape index (κ1) is 14.0. The summed E-state index contributed by atoms with van der Waals surface area (Å²) in [7, 11) is 0. The number of aromatic nitrogens is 2. The molecule has 19 heavy (non-hydrogen) atoms. The van der Waals surface area contributed by atoms with Crippen LogP contribution in [0.1, 0.15) is 25.5 Å². The Morgan fingerprint density at radius 3 is 2.42 bits per heavy atom. The minimum Gasteiger partial charge on any atom is -0.366 e. The Bertz CT molecular complexity index is 396. The van der Waals surface area contributed by atoms with Crippen LogP contribution in [0, 0.1) is 0 Å². The molecule has 0 radical (unpaired) electrons. The molecule has 1 aliphatic heterocycles. The highest BCUT2D eigenvalue weighted by Gasteiger charge is 2.33. The van der Waals surface area contributed by atoms with Crippen molar-refractivity contribution in [3.05, 3.63) is 17.8 Å². The summed E-state index contributed by atoms with van der Waals surface area (Å²) in [5, 5.41) is 9.92. The van der Waals surface area contributed by atoms with Crippen molar-refractivity contribution in [2.75, 3.05) is 25.0 Å². The van der Waals surface area contributed by atoms with Crippen LogP contribution in [0.5, 0.6) is 0 Å². The lowest BCUT2D eigenvalue weighted by molar-refractivity contribution is -0.141. The second-order valence-corrected chi connectivity index (χ2v) is 4.65. The van der Waals surface area contributed by atoms with E-state index in [1.165, 1.54) is 6.07 Å². The first-order valence-electron chi connectivity index (χ1n) is 6.39. The van der Waals surface area contributed by atoms with Crippen LogP contribution in [0.25, 0.3) is 0 Å². The average Bonchev–Trinajstić information content (AvgIpc) is 2.39. The molecule has 0 unspecified atom stereocenters. The summed E-state index contributed by atoms with van der Waals surface area (Å²) >= 11 is 0. The fourth-order valence-corrected chi connectivity index (χ4v) is 2.16. The van der Waals surface area contributed by atoms with Gasteiger partial charge in [-0.05, 0) is 31.5 Å². The molecule has 0 bridgehead atoms. The molecule has 0 spiro atoms. The van der Waals surface area contributed by atoms with E-state index in [-0.39, 0.29) is 6.04 Å². The molecule has 1 fully saturated rings. The van der Waals surface area contributed by atoms with E-state index < -0.39 is 11.9 Å². The molecule has 1 saturated heterocycles. The lowest BCUT2D eigenvalue weighted by atomic mass is 10.1. The quantitative estimate of drug-likeness (QED) is 0.919. The molecule has 0 atom stereocenters. The largest absolute Gasteiger partial charge is 0.435 e. The van der Waals surface area contributed by atoms with E-state index in [1.54, 1.807) is 0 Å². The highest BCUT2D eigenvalue weighted by atomic mass is 19.4. The maximum Gasteiger partial charge on any atom is 0.435 e. The molecule has 2 heterocycles. The zero-order chi connectivity index (χ0) is 13.9. The molecular formula is C12H17F3N4. The van der Waals surface area contributed by atoms with E-state index in [0.29, 0.717) is 5.82 Å². The van der Waals surface area contributed by atoms with Crippen LogP contribution in [0.4, 0.5) is 19.0 Å². The van der Waals surface area contributed by atoms with E-state index in [2.05, 4.69) is 27.3 Å². The first-order chi connectivity index (χ1) is 8.99. The minimum atomic E-state index is -4.43. The molecule has 0 aromatic carbocycles. The molecule has 4 nitrogen and oxygen atoms in total. The van der Waals surface area contributed by atoms with Crippen molar-refractivity contribution in [3.8, 4) is 0 Å². The second kappa shape index (κ2) is 5.73. The predicted octanol–water partition coefficient (Wildman–Crippen LogP) is 2.39. The van der Waals surface area contributed by atoms with Gasteiger partial charge in [-0.2, -0.15) is 13.2 Å². The van der Waals surface area contributed by atoms with Crippen LogP contribution >= 0.6 is 0 Å². The van der Waals surface area contributed by atoms with Crippen LogP contribution in [-0.2, 0) is 6.18 Å². The summed E-state index contributed by atoms with van der Waals surface area (Å²) < 4.78 is 37.0. The first-order valence-corrected chi connectivity index (χ1v) is 6.39. The smallest absolute Gasteiger partial charge is 0.366 e. The Labute approximate surface area is 110 Å². The third-order valence-corrected chi connectivity index (χ3v) is 3.34. The Morgan fingerprint density at radius 1 is 1.26 bits per heavy atom. The molecule has 1 aromatic heterocycles. The Balaban J connectivity index is 1.90. The third kappa shape index (κ3) is 3.79. The number of halogens is 3. The SMILES string of the molecule is CCN1CCC(Nc2ccc(C(F)(F)F)nn2)CC1. The van der Waals surface area contributed by atoms with Gasteiger partial charge in [0.2, 0.25) is 0 Å². The van der Waals surface area contributed by atoms with Crippen molar-refractivity contribution in [3.63, 3.8) is 0 Å². The van der Waals surface area contributed by atoms with E-state index in [0.717, 1.165) is 38.5 Å². The minimum absolute atomic E-state index is 0.258. The van der Waals surface area contributed by atoms with Gasteiger partial charge >= 0.3 is 6.18 Å². The maximum atomic E-state index is 12.3. The number of likely N-dealkylation sites (tertiary alicyclic amines) is 1. The zero-order valence-electron chi connectivity index (χ0n) is 10.7. The van der Waals surface area contributed by atoms with Gasteiger partial charge in [-0.15, -0.1) is 10.2 Å². The fraction of sp³-hybridized carbons (Fsp3) is 0.667. The van der Waals surface area contributed by atoms with Crippen LogP contribution in [-0.4, -0.2) is 40.8 Å². The summed E-state index contributed by atoms with van der Waals surface area (Å²) in [4.78, 5) is 2.34. The summed E-state index contributed by atoms with van der Waals surface area (Å²) in [5.41, 5.74) is -0.959. The summed E-state index contributed by atoms with van der Waals surface area (Å²) in [6.45, 7) is 5.16. The van der Waals surface area contributed by atoms with Gasteiger partial charge in [-0.1, -0.05) is 6.92 Å². The van der Waals surface area contributed by atoms with E-state index in [1.807, 2.05) is 0 Å². The number of rotatable bonds is 3. The van der Waals surface area contributed by atoms with Gasteiger partial charge in [0, 0.05) is 19.1 Å². The highest BCUT2D eigenvalue weighted by Crippen LogP contribution is 2.27. The number of alkyl halides is 3. The van der Waals surface area contributed by atoms with Crippen molar-refractivity contribution < 1.29 is 13.2 Å². The Hall–Kier alpha value is -1.37. The zero-order valence-corrected chi connectivity index (χ0v) is 10.7. The van der Waals surface area contributed by atoms with E-state index >= 15 is 0 Å². The van der Waals surface area contributed by atoms with Crippen LogP contribution < -0.4 is 5.32 Å². The second-order valence-electron chi connectivity index (χ2n) is 4.65. The van der Waals surface area contributed by atoms with Gasteiger partial charge in [-0.25, -0.2) is 0 Å². The molecule has 2 rings (SSSR count). The highest BCUT2D eigenvalue weighted by molar-refractivity contribution is 5.34. The molecule has 1 N–H and O–H groups in total. The third-order valence-electron chi connectivity index (χ3n) is 3.34. The van der Waals surface area contributed by atoms with Crippen molar-refractivity contribution >= 4 is 5.82 Å². The van der Waals surface area contributed by atoms with Crippen molar-refractivity contribution in [2.24, 2.45) is 0 Å². The summed E-state index contributed by atoms with van der Waals surface area (Å²) in [6, 6.07) is 2.55. The lowest BCUT2D eigenvalue weighted by Gasteiger charge is -2.31. The molecule has 1 aromatic rings. The fourth-order valence-electron chi connectivity index (χ4n) is 2.16. The number of nitrogens with one attached hydrogen (secondary N) is 1. The number of hydrogen-bond acceptors (Lipinski definition) is 4. The average molecular weight is 274 g/mol. The number of piperidine rings is 1. The van der Waals surface area contributed by atoms with Crippen LogP contribution in [0.15, 0.2) is 12.1 Å². The van der Waals surface area contributed by atoms with E-state index in [4.69, 9.17) is 0 Å². The summed E-state index contributed by atoms with van der Waals surface area (Å²) in [5.74, 6) is 0.406. The standard InChI is InChI=1S/C12H17F3N4/c1-2-19-7-5-9(6-8-19)16-11-4-3-10(17-18-11)12(13,14)15/h3-4,9H,2,5-8H2,1H3,(H,16,18). The molecule has 1 aliphatic rings. The van der Waals surface area contributed by atoms with Gasteiger partial charge in [0.25, 0.3) is 0 Å². The molecule has 7 heteroatoms. The van der Waals surface area contributed by atoms with Crippen molar-refractivity contribution in [1.29, 1.82) is 0 Å².